The third-order valence-electron chi connectivity index (χ3n) is 5.89. The number of morpholine rings is 1. The quantitative estimate of drug-likeness (QED) is 0.847. The molecule has 0 aliphatic carbocycles. The van der Waals surface area contributed by atoms with Crippen molar-refractivity contribution in [3.8, 4) is 0 Å². The van der Waals surface area contributed by atoms with Gasteiger partial charge in [0.1, 0.15) is 16.5 Å². The number of piperidine rings is 1. The highest BCUT2D eigenvalue weighted by Crippen LogP contribution is 2.37. The molecule has 2 aliphatic rings. The maximum atomic E-state index is 9.55. The van der Waals surface area contributed by atoms with Gasteiger partial charge in [0.25, 0.3) is 0 Å². The van der Waals surface area contributed by atoms with Gasteiger partial charge in [0.15, 0.2) is 0 Å². The first kappa shape index (κ1) is 19.1. The average Bonchev–Trinajstić information content (AvgIpc) is 2.97. The number of ether oxygens (including phenoxy) is 1. The Morgan fingerprint density at radius 2 is 1.96 bits per heavy atom. The van der Waals surface area contributed by atoms with Crippen LogP contribution in [0.25, 0.3) is 10.2 Å². The summed E-state index contributed by atoms with van der Waals surface area (Å²) < 4.78 is 5.47. The molecule has 7 heteroatoms. The minimum Gasteiger partial charge on any atom is -0.396 e. The average molecular weight is 391 g/mol. The lowest BCUT2D eigenvalue weighted by molar-refractivity contribution is 0.0331. The summed E-state index contributed by atoms with van der Waals surface area (Å²) in [5, 5.41) is 10.8. The monoisotopic (exact) mass is 390 g/mol. The fourth-order valence-corrected chi connectivity index (χ4v) is 5.28. The second kappa shape index (κ2) is 8.39. The molecule has 0 spiro atoms. The van der Waals surface area contributed by atoms with E-state index in [1.807, 2.05) is 0 Å². The van der Waals surface area contributed by atoms with Crippen molar-refractivity contribution in [2.75, 3.05) is 44.4 Å². The van der Waals surface area contributed by atoms with Gasteiger partial charge in [-0.1, -0.05) is 0 Å². The SMILES string of the molecule is Cc1sc2nc(CN3CCOCC3)nc(N3CCCCC3CCO)c2c1C. The molecule has 0 bridgehead atoms. The molecule has 1 unspecified atom stereocenters. The highest BCUT2D eigenvalue weighted by atomic mass is 32.1. The Bertz CT molecular complexity index is 786. The number of aliphatic hydroxyl groups excluding tert-OH is 1. The van der Waals surface area contributed by atoms with E-state index in [0.29, 0.717) is 6.04 Å². The lowest BCUT2D eigenvalue weighted by atomic mass is 9.99. The van der Waals surface area contributed by atoms with Crippen LogP contribution in [0.5, 0.6) is 0 Å². The van der Waals surface area contributed by atoms with Gasteiger partial charge < -0.3 is 14.7 Å². The molecule has 1 N–H and O–H groups in total. The number of aromatic nitrogens is 2. The number of anilines is 1. The summed E-state index contributed by atoms with van der Waals surface area (Å²) in [7, 11) is 0. The van der Waals surface area contributed by atoms with Crippen LogP contribution in [0.2, 0.25) is 0 Å². The normalized spacial score (nSPS) is 21.9. The molecule has 0 saturated carbocycles. The smallest absolute Gasteiger partial charge is 0.146 e. The van der Waals surface area contributed by atoms with Crippen molar-refractivity contribution < 1.29 is 9.84 Å². The zero-order chi connectivity index (χ0) is 18.8. The minimum atomic E-state index is 0.234. The van der Waals surface area contributed by atoms with Gasteiger partial charge in [0, 0.05) is 37.2 Å². The van der Waals surface area contributed by atoms with Crippen molar-refractivity contribution >= 4 is 27.4 Å². The first-order chi connectivity index (χ1) is 13.2. The highest BCUT2D eigenvalue weighted by molar-refractivity contribution is 7.18. The van der Waals surface area contributed by atoms with Crippen molar-refractivity contribution in [1.29, 1.82) is 0 Å². The number of aliphatic hydroxyl groups is 1. The number of fused-ring (bicyclic) bond motifs is 1. The number of rotatable bonds is 5. The maximum Gasteiger partial charge on any atom is 0.146 e. The summed E-state index contributed by atoms with van der Waals surface area (Å²) >= 11 is 1.78. The molecule has 2 aliphatic heterocycles. The standard InChI is InChI=1S/C20H30N4O2S/c1-14-15(2)27-20-18(14)19(24-7-4-3-5-16(24)6-10-25)21-17(22-20)13-23-8-11-26-12-9-23/h16,25H,3-13H2,1-2H3. The van der Waals surface area contributed by atoms with Gasteiger partial charge in [-0.2, -0.15) is 0 Å². The molecule has 0 radical (unpaired) electrons. The Kier molecular flexibility index (Phi) is 5.92. The third kappa shape index (κ3) is 3.97. The van der Waals surface area contributed by atoms with Gasteiger partial charge >= 0.3 is 0 Å². The maximum absolute atomic E-state index is 9.55. The van der Waals surface area contributed by atoms with Crippen LogP contribution in [0.1, 0.15) is 41.9 Å². The molecule has 4 heterocycles. The largest absolute Gasteiger partial charge is 0.396 e. The summed E-state index contributed by atoms with van der Waals surface area (Å²) in [5.41, 5.74) is 1.30. The molecule has 4 rings (SSSR count). The fraction of sp³-hybridized carbons (Fsp3) is 0.700. The van der Waals surface area contributed by atoms with Gasteiger partial charge in [0.2, 0.25) is 0 Å². The molecule has 2 fully saturated rings. The Morgan fingerprint density at radius 1 is 1.15 bits per heavy atom. The number of aryl methyl sites for hydroxylation is 2. The van der Waals surface area contributed by atoms with Crippen LogP contribution < -0.4 is 4.90 Å². The molecule has 0 amide bonds. The van der Waals surface area contributed by atoms with E-state index in [-0.39, 0.29) is 6.61 Å². The molecular formula is C20H30N4O2S. The Hall–Kier alpha value is -1.28. The lowest BCUT2D eigenvalue weighted by Crippen LogP contribution is -2.41. The van der Waals surface area contributed by atoms with E-state index in [1.165, 1.54) is 28.7 Å². The number of nitrogens with zero attached hydrogens (tertiary/aromatic N) is 4. The van der Waals surface area contributed by atoms with Crippen LogP contribution in [0.4, 0.5) is 5.82 Å². The zero-order valence-electron chi connectivity index (χ0n) is 16.4. The molecule has 2 saturated heterocycles. The van der Waals surface area contributed by atoms with Crippen molar-refractivity contribution in [2.45, 2.75) is 52.1 Å². The summed E-state index contributed by atoms with van der Waals surface area (Å²) in [5.74, 6) is 2.00. The first-order valence-corrected chi connectivity index (χ1v) is 10.9. The van der Waals surface area contributed by atoms with E-state index in [2.05, 4.69) is 23.6 Å². The van der Waals surface area contributed by atoms with Crippen LogP contribution in [0, 0.1) is 13.8 Å². The van der Waals surface area contributed by atoms with Crippen molar-refractivity contribution in [3.63, 3.8) is 0 Å². The molecule has 2 aromatic heterocycles. The van der Waals surface area contributed by atoms with Crippen LogP contribution in [-0.2, 0) is 11.3 Å². The summed E-state index contributed by atoms with van der Waals surface area (Å²) in [6.45, 7) is 9.85. The van der Waals surface area contributed by atoms with Crippen molar-refractivity contribution in [3.05, 3.63) is 16.3 Å². The number of hydrogen-bond donors (Lipinski definition) is 1. The summed E-state index contributed by atoms with van der Waals surface area (Å²) in [4.78, 5) is 17.3. The molecule has 27 heavy (non-hydrogen) atoms. The Morgan fingerprint density at radius 3 is 2.74 bits per heavy atom. The Labute approximate surface area is 165 Å². The first-order valence-electron chi connectivity index (χ1n) is 10.1. The van der Waals surface area contributed by atoms with Gasteiger partial charge in [-0.05, 0) is 45.1 Å². The molecule has 1 atom stereocenters. The summed E-state index contributed by atoms with van der Waals surface area (Å²) in [6, 6.07) is 0.373. The fourth-order valence-electron chi connectivity index (χ4n) is 4.24. The lowest BCUT2D eigenvalue weighted by Gasteiger charge is -2.37. The van der Waals surface area contributed by atoms with E-state index in [0.717, 1.165) is 68.7 Å². The van der Waals surface area contributed by atoms with E-state index in [4.69, 9.17) is 14.7 Å². The number of thiophene rings is 1. The van der Waals surface area contributed by atoms with Crippen molar-refractivity contribution in [1.82, 2.24) is 14.9 Å². The van der Waals surface area contributed by atoms with Crippen LogP contribution in [0.15, 0.2) is 0 Å². The zero-order valence-corrected chi connectivity index (χ0v) is 17.2. The molecular weight excluding hydrogens is 360 g/mol. The Balaban J connectivity index is 1.74. The van der Waals surface area contributed by atoms with Crippen LogP contribution in [-0.4, -0.2) is 65.5 Å². The van der Waals surface area contributed by atoms with Crippen molar-refractivity contribution in [2.24, 2.45) is 0 Å². The predicted molar refractivity (Wildman–Crippen MR) is 110 cm³/mol. The van der Waals surface area contributed by atoms with E-state index < -0.39 is 0 Å². The predicted octanol–water partition coefficient (Wildman–Crippen LogP) is 2.88. The molecule has 148 valence electrons. The van der Waals surface area contributed by atoms with Gasteiger partial charge in [-0.15, -0.1) is 11.3 Å². The second-order valence-electron chi connectivity index (χ2n) is 7.67. The molecule has 2 aromatic rings. The second-order valence-corrected chi connectivity index (χ2v) is 8.87. The van der Waals surface area contributed by atoms with Crippen LogP contribution in [0.3, 0.4) is 0 Å². The van der Waals surface area contributed by atoms with Crippen LogP contribution >= 0.6 is 11.3 Å². The van der Waals surface area contributed by atoms with Gasteiger partial charge in [-0.25, -0.2) is 9.97 Å². The van der Waals surface area contributed by atoms with E-state index in [9.17, 15) is 5.11 Å². The number of hydrogen-bond acceptors (Lipinski definition) is 7. The summed E-state index contributed by atoms with van der Waals surface area (Å²) in [6.07, 6.45) is 4.37. The van der Waals surface area contributed by atoms with Gasteiger partial charge in [-0.3, -0.25) is 4.90 Å². The third-order valence-corrected chi connectivity index (χ3v) is 6.99. The molecule has 6 nitrogen and oxygen atoms in total. The van der Waals surface area contributed by atoms with E-state index >= 15 is 0 Å². The topological polar surface area (TPSA) is 61.7 Å². The molecule has 0 aromatic carbocycles. The van der Waals surface area contributed by atoms with E-state index in [1.54, 1.807) is 11.3 Å². The van der Waals surface area contributed by atoms with Gasteiger partial charge in [0.05, 0.1) is 25.1 Å². The highest BCUT2D eigenvalue weighted by Gasteiger charge is 2.27. The minimum absolute atomic E-state index is 0.234.